The minimum Gasteiger partial charge on any atom is -0.354 e. The van der Waals surface area contributed by atoms with Crippen molar-refractivity contribution in [1.82, 2.24) is 4.98 Å². The third kappa shape index (κ3) is 2.24. The van der Waals surface area contributed by atoms with Crippen molar-refractivity contribution in [2.75, 3.05) is 0 Å². The van der Waals surface area contributed by atoms with E-state index >= 15 is 0 Å². The summed E-state index contributed by atoms with van der Waals surface area (Å²) in [5.74, 6) is 0. The fourth-order valence-corrected chi connectivity index (χ4v) is 3.47. The predicted octanol–water partition coefficient (Wildman–Crippen LogP) is 6.29. The van der Waals surface area contributed by atoms with E-state index in [0.29, 0.717) is 0 Å². The number of benzene rings is 3. The molecule has 3 aromatic carbocycles. The van der Waals surface area contributed by atoms with Crippen molar-refractivity contribution in [3.8, 4) is 11.1 Å². The number of nitrogens with one attached hydrogen (secondary N) is 1. The van der Waals surface area contributed by atoms with Gasteiger partial charge in [-0.25, -0.2) is 0 Å². The van der Waals surface area contributed by atoms with E-state index < -0.39 is 0 Å². The summed E-state index contributed by atoms with van der Waals surface area (Å²) < 4.78 is 0. The van der Waals surface area contributed by atoms with E-state index in [4.69, 9.17) is 0 Å². The summed E-state index contributed by atoms with van der Waals surface area (Å²) in [5.41, 5.74) is 6.52. The van der Waals surface area contributed by atoms with Gasteiger partial charge in [0.1, 0.15) is 0 Å². The molecule has 1 nitrogen and oxygen atoms in total. The number of rotatable bonds is 1. The molecule has 1 heteroatoms. The fraction of sp³-hybridized carbons (Fsp3) is 0.182. The van der Waals surface area contributed by atoms with Crippen molar-refractivity contribution >= 4 is 21.8 Å². The normalized spacial score (nSPS) is 12.1. The largest absolute Gasteiger partial charge is 0.354 e. The number of aromatic nitrogens is 1. The third-order valence-electron chi connectivity index (χ3n) is 4.57. The van der Waals surface area contributed by atoms with Gasteiger partial charge in [0.15, 0.2) is 0 Å². The van der Waals surface area contributed by atoms with E-state index in [1.165, 1.54) is 38.5 Å². The Labute approximate surface area is 137 Å². The Balaban J connectivity index is 2.08. The van der Waals surface area contributed by atoms with Crippen LogP contribution in [-0.4, -0.2) is 4.98 Å². The van der Waals surface area contributed by atoms with Crippen molar-refractivity contribution in [3.05, 3.63) is 72.3 Å². The van der Waals surface area contributed by atoms with Crippen LogP contribution in [0.2, 0.25) is 0 Å². The molecule has 0 saturated heterocycles. The average Bonchev–Trinajstić information content (AvgIpc) is 2.93. The van der Waals surface area contributed by atoms with Crippen LogP contribution >= 0.6 is 0 Å². The van der Waals surface area contributed by atoms with Crippen molar-refractivity contribution in [2.45, 2.75) is 26.2 Å². The lowest BCUT2D eigenvalue weighted by molar-refractivity contribution is 0.592. The second kappa shape index (κ2) is 4.99. The Morgan fingerprint density at radius 1 is 0.652 bits per heavy atom. The van der Waals surface area contributed by atoms with Crippen LogP contribution in [0.1, 0.15) is 26.3 Å². The molecular weight excluding hydrogens is 278 g/mol. The second-order valence-electron chi connectivity index (χ2n) is 7.19. The van der Waals surface area contributed by atoms with E-state index in [0.717, 1.165) is 0 Å². The first-order valence-electron chi connectivity index (χ1n) is 8.15. The quantitative estimate of drug-likeness (QED) is 0.425. The molecule has 0 unspecified atom stereocenters. The lowest BCUT2D eigenvalue weighted by Gasteiger charge is -2.23. The molecule has 1 aromatic heterocycles. The number of hydrogen-bond acceptors (Lipinski definition) is 0. The maximum absolute atomic E-state index is 3.62. The molecule has 1 heterocycles. The monoisotopic (exact) mass is 299 g/mol. The molecule has 4 rings (SSSR count). The molecule has 0 atom stereocenters. The zero-order valence-electron chi connectivity index (χ0n) is 13.9. The molecule has 0 aliphatic rings. The number of aromatic amines is 1. The SMILES string of the molecule is CC(C)(C)c1ccccc1-c1cccc2c1[nH]c1ccccc12. The highest BCUT2D eigenvalue weighted by molar-refractivity contribution is 6.11. The van der Waals surface area contributed by atoms with Crippen LogP contribution in [0.25, 0.3) is 32.9 Å². The van der Waals surface area contributed by atoms with Gasteiger partial charge >= 0.3 is 0 Å². The summed E-state index contributed by atoms with van der Waals surface area (Å²) in [6.07, 6.45) is 0. The molecule has 0 saturated carbocycles. The molecule has 0 aliphatic heterocycles. The summed E-state index contributed by atoms with van der Waals surface area (Å²) in [7, 11) is 0. The smallest absolute Gasteiger partial charge is 0.0544 e. The minimum atomic E-state index is 0.116. The predicted molar refractivity (Wildman–Crippen MR) is 99.9 cm³/mol. The first-order chi connectivity index (χ1) is 11.1. The molecular formula is C22H21N. The van der Waals surface area contributed by atoms with Crippen molar-refractivity contribution in [3.63, 3.8) is 0 Å². The molecule has 4 aromatic rings. The van der Waals surface area contributed by atoms with Gasteiger partial charge in [0, 0.05) is 21.9 Å². The van der Waals surface area contributed by atoms with Gasteiger partial charge in [-0.1, -0.05) is 81.4 Å². The molecule has 0 bridgehead atoms. The average molecular weight is 299 g/mol. The van der Waals surface area contributed by atoms with Crippen LogP contribution in [0.3, 0.4) is 0 Å². The summed E-state index contributed by atoms with van der Waals surface area (Å²) in [6, 6.07) is 23.9. The van der Waals surface area contributed by atoms with E-state index in [1.807, 2.05) is 0 Å². The Kier molecular flexibility index (Phi) is 3.05. The maximum Gasteiger partial charge on any atom is 0.0544 e. The number of H-pyrrole nitrogens is 1. The highest BCUT2D eigenvalue weighted by atomic mass is 14.7. The van der Waals surface area contributed by atoms with Crippen LogP contribution < -0.4 is 0 Å². The zero-order chi connectivity index (χ0) is 16.0. The van der Waals surface area contributed by atoms with E-state index in [2.05, 4.69) is 92.5 Å². The van der Waals surface area contributed by atoms with Crippen LogP contribution in [-0.2, 0) is 5.41 Å². The highest BCUT2D eigenvalue weighted by Crippen LogP contribution is 2.38. The number of fused-ring (bicyclic) bond motifs is 3. The maximum atomic E-state index is 3.62. The molecule has 0 radical (unpaired) electrons. The molecule has 0 fully saturated rings. The summed E-state index contributed by atoms with van der Waals surface area (Å²) >= 11 is 0. The Hall–Kier alpha value is -2.54. The van der Waals surface area contributed by atoms with E-state index in [1.54, 1.807) is 0 Å². The first-order valence-corrected chi connectivity index (χ1v) is 8.15. The van der Waals surface area contributed by atoms with Gasteiger partial charge in [-0.15, -0.1) is 0 Å². The van der Waals surface area contributed by atoms with Crippen molar-refractivity contribution in [2.24, 2.45) is 0 Å². The molecule has 0 amide bonds. The number of para-hydroxylation sites is 2. The lowest BCUT2D eigenvalue weighted by atomic mass is 9.81. The van der Waals surface area contributed by atoms with Gasteiger partial charge in [-0.05, 0) is 22.6 Å². The third-order valence-corrected chi connectivity index (χ3v) is 4.57. The zero-order valence-corrected chi connectivity index (χ0v) is 13.9. The molecule has 23 heavy (non-hydrogen) atoms. The van der Waals surface area contributed by atoms with Crippen LogP contribution in [0, 0.1) is 0 Å². The molecule has 0 spiro atoms. The summed E-state index contributed by atoms with van der Waals surface area (Å²) in [5, 5.41) is 2.58. The standard InChI is InChI=1S/C22H21N/c1-22(2,3)19-13-6-4-9-15(19)17-11-8-12-18-16-10-5-7-14-20(16)23-21(17)18/h4-14,23H,1-3H3. The highest BCUT2D eigenvalue weighted by Gasteiger charge is 2.19. The molecule has 1 N–H and O–H groups in total. The van der Waals surface area contributed by atoms with Gasteiger partial charge in [0.25, 0.3) is 0 Å². The van der Waals surface area contributed by atoms with Crippen LogP contribution in [0.15, 0.2) is 66.7 Å². The molecule has 0 aliphatic carbocycles. The summed E-state index contributed by atoms with van der Waals surface area (Å²) in [6.45, 7) is 6.82. The minimum absolute atomic E-state index is 0.116. The van der Waals surface area contributed by atoms with E-state index in [9.17, 15) is 0 Å². The van der Waals surface area contributed by atoms with Gasteiger partial charge in [0.05, 0.1) is 5.52 Å². The van der Waals surface area contributed by atoms with Crippen LogP contribution in [0.5, 0.6) is 0 Å². The van der Waals surface area contributed by atoms with Gasteiger partial charge in [-0.3, -0.25) is 0 Å². The Morgan fingerprint density at radius 2 is 1.30 bits per heavy atom. The van der Waals surface area contributed by atoms with Gasteiger partial charge < -0.3 is 4.98 Å². The topological polar surface area (TPSA) is 15.8 Å². The van der Waals surface area contributed by atoms with Gasteiger partial charge in [-0.2, -0.15) is 0 Å². The fourth-order valence-electron chi connectivity index (χ4n) is 3.47. The number of hydrogen-bond donors (Lipinski definition) is 1. The first kappa shape index (κ1) is 14.1. The van der Waals surface area contributed by atoms with Crippen LogP contribution in [0.4, 0.5) is 0 Å². The summed E-state index contributed by atoms with van der Waals surface area (Å²) in [4.78, 5) is 3.62. The molecule has 114 valence electrons. The Bertz CT molecular complexity index is 999. The second-order valence-corrected chi connectivity index (χ2v) is 7.19. The van der Waals surface area contributed by atoms with E-state index in [-0.39, 0.29) is 5.41 Å². The Morgan fingerprint density at radius 3 is 2.13 bits per heavy atom. The van der Waals surface area contributed by atoms with Crippen molar-refractivity contribution < 1.29 is 0 Å². The van der Waals surface area contributed by atoms with Crippen molar-refractivity contribution in [1.29, 1.82) is 0 Å². The lowest BCUT2D eigenvalue weighted by Crippen LogP contribution is -2.12. The van der Waals surface area contributed by atoms with Gasteiger partial charge in [0.2, 0.25) is 0 Å².